The van der Waals surface area contributed by atoms with E-state index in [-0.39, 0.29) is 6.04 Å². The van der Waals surface area contributed by atoms with Gasteiger partial charge in [-0.05, 0) is 24.8 Å². The molecule has 2 heterocycles. The molecule has 1 fully saturated rings. The number of rotatable bonds is 3. The molecule has 0 saturated heterocycles. The van der Waals surface area contributed by atoms with Crippen molar-refractivity contribution in [3.63, 3.8) is 0 Å². The van der Waals surface area contributed by atoms with E-state index in [4.69, 9.17) is 10.3 Å². The van der Waals surface area contributed by atoms with Crippen LogP contribution in [0.15, 0.2) is 16.8 Å². The SMILES string of the molecule is NC(c1noc(-c2ccn[nH]2)n1)C1CC1. The summed E-state index contributed by atoms with van der Waals surface area (Å²) in [6, 6.07) is 1.69. The summed E-state index contributed by atoms with van der Waals surface area (Å²) in [7, 11) is 0. The molecule has 0 aliphatic heterocycles. The van der Waals surface area contributed by atoms with Crippen molar-refractivity contribution < 1.29 is 4.52 Å². The second-order valence-electron chi connectivity index (χ2n) is 3.79. The van der Waals surface area contributed by atoms with Gasteiger partial charge >= 0.3 is 0 Å². The van der Waals surface area contributed by atoms with Crippen molar-refractivity contribution in [2.24, 2.45) is 11.7 Å². The van der Waals surface area contributed by atoms with Gasteiger partial charge in [-0.3, -0.25) is 5.10 Å². The predicted octanol–water partition coefficient (Wildman–Crippen LogP) is 0.869. The number of nitrogens with zero attached hydrogens (tertiary/aromatic N) is 3. The van der Waals surface area contributed by atoms with Gasteiger partial charge in [0.2, 0.25) is 0 Å². The number of hydrogen-bond donors (Lipinski definition) is 2. The van der Waals surface area contributed by atoms with Crippen LogP contribution in [0.5, 0.6) is 0 Å². The molecule has 78 valence electrons. The van der Waals surface area contributed by atoms with Crippen molar-refractivity contribution in [3.8, 4) is 11.6 Å². The Balaban J connectivity index is 1.87. The molecule has 0 spiro atoms. The van der Waals surface area contributed by atoms with Gasteiger partial charge in [0, 0.05) is 6.20 Å². The van der Waals surface area contributed by atoms with Gasteiger partial charge < -0.3 is 10.3 Å². The van der Waals surface area contributed by atoms with Gasteiger partial charge in [0.25, 0.3) is 5.89 Å². The van der Waals surface area contributed by atoms with E-state index in [1.54, 1.807) is 12.3 Å². The van der Waals surface area contributed by atoms with Crippen LogP contribution in [0.2, 0.25) is 0 Å². The lowest BCUT2D eigenvalue weighted by atomic mass is 10.2. The largest absolute Gasteiger partial charge is 0.332 e. The Morgan fingerprint density at radius 1 is 1.53 bits per heavy atom. The Morgan fingerprint density at radius 3 is 3.07 bits per heavy atom. The molecule has 15 heavy (non-hydrogen) atoms. The third-order valence-corrected chi connectivity index (χ3v) is 2.60. The van der Waals surface area contributed by atoms with Crippen molar-refractivity contribution >= 4 is 0 Å². The smallest absolute Gasteiger partial charge is 0.275 e. The second kappa shape index (κ2) is 3.16. The molecule has 3 rings (SSSR count). The van der Waals surface area contributed by atoms with Crippen molar-refractivity contribution in [1.29, 1.82) is 0 Å². The molecule has 6 heteroatoms. The van der Waals surface area contributed by atoms with Crippen LogP contribution in [0.25, 0.3) is 11.6 Å². The Labute approximate surface area is 85.9 Å². The third kappa shape index (κ3) is 1.52. The maximum absolute atomic E-state index is 5.96. The highest BCUT2D eigenvalue weighted by Gasteiger charge is 2.32. The van der Waals surface area contributed by atoms with E-state index in [9.17, 15) is 0 Å². The van der Waals surface area contributed by atoms with E-state index in [2.05, 4.69) is 20.3 Å². The molecule has 1 atom stereocenters. The first-order chi connectivity index (χ1) is 7.34. The minimum absolute atomic E-state index is 0.0922. The fourth-order valence-electron chi connectivity index (χ4n) is 1.52. The molecule has 6 nitrogen and oxygen atoms in total. The lowest BCUT2D eigenvalue weighted by Crippen LogP contribution is -2.13. The highest BCUT2D eigenvalue weighted by atomic mass is 16.5. The Kier molecular flexibility index (Phi) is 1.81. The van der Waals surface area contributed by atoms with Crippen LogP contribution < -0.4 is 5.73 Å². The average molecular weight is 205 g/mol. The van der Waals surface area contributed by atoms with Crippen LogP contribution in [-0.2, 0) is 0 Å². The number of nitrogens with one attached hydrogen (secondary N) is 1. The highest BCUT2D eigenvalue weighted by molar-refractivity contribution is 5.44. The second-order valence-corrected chi connectivity index (χ2v) is 3.79. The summed E-state index contributed by atoms with van der Waals surface area (Å²) in [5.74, 6) is 1.55. The molecule has 1 unspecified atom stereocenters. The monoisotopic (exact) mass is 205 g/mol. The minimum Gasteiger partial charge on any atom is -0.332 e. The molecule has 0 aromatic carbocycles. The van der Waals surface area contributed by atoms with Crippen LogP contribution >= 0.6 is 0 Å². The Bertz CT molecular complexity index is 445. The number of aromatic nitrogens is 4. The number of H-pyrrole nitrogens is 1. The summed E-state index contributed by atoms with van der Waals surface area (Å²) in [5.41, 5.74) is 6.68. The van der Waals surface area contributed by atoms with Crippen LogP contribution in [0.1, 0.15) is 24.7 Å². The van der Waals surface area contributed by atoms with Crippen LogP contribution in [0, 0.1) is 5.92 Å². The number of aromatic amines is 1. The fraction of sp³-hybridized carbons (Fsp3) is 0.444. The first-order valence-corrected chi connectivity index (χ1v) is 4.93. The van der Waals surface area contributed by atoms with Gasteiger partial charge in [0.05, 0.1) is 6.04 Å². The van der Waals surface area contributed by atoms with Crippen molar-refractivity contribution in [2.45, 2.75) is 18.9 Å². The normalized spacial score (nSPS) is 17.9. The van der Waals surface area contributed by atoms with E-state index < -0.39 is 0 Å². The number of hydrogen-bond acceptors (Lipinski definition) is 5. The fourth-order valence-corrected chi connectivity index (χ4v) is 1.52. The Morgan fingerprint density at radius 2 is 2.40 bits per heavy atom. The van der Waals surface area contributed by atoms with E-state index >= 15 is 0 Å². The standard InChI is InChI=1S/C9H11N5O/c10-7(5-1-2-5)8-12-9(15-14-8)6-3-4-11-13-6/h3-5,7H,1-2,10H2,(H,11,13). The molecule has 0 bridgehead atoms. The molecule has 1 aliphatic carbocycles. The van der Waals surface area contributed by atoms with E-state index in [0.717, 1.165) is 18.5 Å². The zero-order valence-corrected chi connectivity index (χ0v) is 8.05. The maximum atomic E-state index is 5.96. The average Bonchev–Trinajstić information content (AvgIpc) is 2.80. The summed E-state index contributed by atoms with van der Waals surface area (Å²) in [4.78, 5) is 4.24. The zero-order chi connectivity index (χ0) is 10.3. The quantitative estimate of drug-likeness (QED) is 0.775. The topological polar surface area (TPSA) is 93.6 Å². The molecule has 2 aromatic rings. The van der Waals surface area contributed by atoms with Gasteiger partial charge in [0.15, 0.2) is 5.82 Å². The Hall–Kier alpha value is -1.69. The summed E-state index contributed by atoms with van der Waals surface area (Å²) < 4.78 is 5.10. The van der Waals surface area contributed by atoms with Gasteiger partial charge in [-0.25, -0.2) is 0 Å². The predicted molar refractivity (Wildman–Crippen MR) is 51.5 cm³/mol. The summed E-state index contributed by atoms with van der Waals surface area (Å²) >= 11 is 0. The molecule has 3 N–H and O–H groups in total. The van der Waals surface area contributed by atoms with Crippen LogP contribution in [-0.4, -0.2) is 20.3 Å². The van der Waals surface area contributed by atoms with Crippen LogP contribution in [0.4, 0.5) is 0 Å². The first-order valence-electron chi connectivity index (χ1n) is 4.93. The summed E-state index contributed by atoms with van der Waals surface area (Å²) in [6.07, 6.45) is 3.96. The van der Waals surface area contributed by atoms with Crippen molar-refractivity contribution in [3.05, 3.63) is 18.1 Å². The summed E-state index contributed by atoms with van der Waals surface area (Å²) in [5, 5.41) is 10.5. The number of nitrogens with two attached hydrogens (primary N) is 1. The molecular formula is C9H11N5O. The minimum atomic E-state index is -0.0922. The van der Waals surface area contributed by atoms with E-state index in [1.165, 1.54) is 0 Å². The van der Waals surface area contributed by atoms with Crippen LogP contribution in [0.3, 0.4) is 0 Å². The molecule has 2 aromatic heterocycles. The van der Waals surface area contributed by atoms with E-state index in [1.807, 2.05) is 0 Å². The molecule has 1 saturated carbocycles. The maximum Gasteiger partial charge on any atom is 0.275 e. The van der Waals surface area contributed by atoms with Crippen molar-refractivity contribution in [2.75, 3.05) is 0 Å². The molecule has 0 amide bonds. The van der Waals surface area contributed by atoms with Gasteiger partial charge in [-0.15, -0.1) is 0 Å². The lowest BCUT2D eigenvalue weighted by molar-refractivity contribution is 0.410. The molecular weight excluding hydrogens is 194 g/mol. The lowest BCUT2D eigenvalue weighted by Gasteiger charge is -2.01. The first kappa shape index (κ1) is 8.60. The van der Waals surface area contributed by atoms with E-state index in [0.29, 0.717) is 17.6 Å². The zero-order valence-electron chi connectivity index (χ0n) is 8.05. The van der Waals surface area contributed by atoms with Gasteiger partial charge in [0.1, 0.15) is 5.69 Å². The van der Waals surface area contributed by atoms with Gasteiger partial charge in [-0.2, -0.15) is 10.1 Å². The summed E-state index contributed by atoms with van der Waals surface area (Å²) in [6.45, 7) is 0. The highest BCUT2D eigenvalue weighted by Crippen LogP contribution is 2.38. The van der Waals surface area contributed by atoms with Gasteiger partial charge in [-0.1, -0.05) is 5.16 Å². The molecule has 0 radical (unpaired) electrons. The van der Waals surface area contributed by atoms with Crippen molar-refractivity contribution in [1.82, 2.24) is 20.3 Å². The third-order valence-electron chi connectivity index (χ3n) is 2.60. The molecule has 1 aliphatic rings.